The number of carbonyl (C=O) groups is 1. The van der Waals surface area contributed by atoms with Crippen molar-refractivity contribution >= 4 is 16.9 Å². The molecule has 0 amide bonds. The standard InChI is InChI=1S/C17H15NO6/c1-10-5-16(19)23-15-7-13(3-4-14(10)15)21-9-17(20)22-8-12-6-11(2)24-18-12/h3-7H,8-9H2,1-2H3. The molecule has 0 unspecified atom stereocenters. The fraction of sp³-hybridized carbons (Fsp3) is 0.235. The average molecular weight is 329 g/mol. The topological polar surface area (TPSA) is 91.8 Å². The van der Waals surface area contributed by atoms with Crippen LogP contribution in [0.15, 0.2) is 44.1 Å². The molecule has 0 saturated carbocycles. The van der Waals surface area contributed by atoms with E-state index >= 15 is 0 Å². The van der Waals surface area contributed by atoms with Gasteiger partial charge in [0.25, 0.3) is 0 Å². The number of ether oxygens (including phenoxy) is 2. The van der Waals surface area contributed by atoms with Crippen LogP contribution >= 0.6 is 0 Å². The SMILES string of the molecule is Cc1cc(COC(=O)COc2ccc3c(C)cc(=O)oc3c2)no1. The third kappa shape index (κ3) is 3.62. The lowest BCUT2D eigenvalue weighted by Crippen LogP contribution is -2.14. The van der Waals surface area contributed by atoms with Crippen LogP contribution in [0.1, 0.15) is 17.0 Å². The van der Waals surface area contributed by atoms with Gasteiger partial charge in [0, 0.05) is 23.6 Å². The second-order valence-electron chi connectivity index (χ2n) is 5.28. The lowest BCUT2D eigenvalue weighted by atomic mass is 10.1. The number of rotatable bonds is 5. The minimum absolute atomic E-state index is 0.0192. The highest BCUT2D eigenvalue weighted by Gasteiger charge is 2.09. The van der Waals surface area contributed by atoms with Crippen LogP contribution in [0.3, 0.4) is 0 Å². The molecule has 0 aliphatic rings. The molecule has 2 heterocycles. The zero-order valence-electron chi connectivity index (χ0n) is 13.2. The van der Waals surface area contributed by atoms with Gasteiger partial charge in [0.2, 0.25) is 0 Å². The van der Waals surface area contributed by atoms with Crippen molar-refractivity contribution in [1.29, 1.82) is 0 Å². The summed E-state index contributed by atoms with van der Waals surface area (Å²) in [7, 11) is 0. The number of nitrogens with zero attached hydrogens (tertiary/aromatic N) is 1. The Hall–Kier alpha value is -3.09. The lowest BCUT2D eigenvalue weighted by molar-refractivity contribution is -0.147. The minimum atomic E-state index is -0.540. The van der Waals surface area contributed by atoms with Gasteiger partial charge in [-0.05, 0) is 31.5 Å². The van der Waals surface area contributed by atoms with Crippen LogP contribution in [-0.4, -0.2) is 17.7 Å². The second kappa shape index (κ2) is 6.57. The Morgan fingerprint density at radius 2 is 2.04 bits per heavy atom. The van der Waals surface area contributed by atoms with E-state index in [1.807, 2.05) is 6.92 Å². The molecule has 7 nitrogen and oxygen atoms in total. The smallest absolute Gasteiger partial charge is 0.344 e. The predicted octanol–water partition coefficient (Wildman–Crippen LogP) is 2.52. The Morgan fingerprint density at radius 3 is 2.79 bits per heavy atom. The molecule has 0 fully saturated rings. The first-order chi connectivity index (χ1) is 11.5. The van der Waals surface area contributed by atoms with Crippen molar-refractivity contribution in [2.45, 2.75) is 20.5 Å². The van der Waals surface area contributed by atoms with Crippen LogP contribution in [0.2, 0.25) is 0 Å². The molecule has 24 heavy (non-hydrogen) atoms. The fourth-order valence-corrected chi connectivity index (χ4v) is 2.22. The number of hydrogen-bond donors (Lipinski definition) is 0. The third-order valence-electron chi connectivity index (χ3n) is 3.34. The van der Waals surface area contributed by atoms with Gasteiger partial charge < -0.3 is 18.4 Å². The molecule has 0 radical (unpaired) electrons. The fourth-order valence-electron chi connectivity index (χ4n) is 2.22. The first-order valence-electron chi connectivity index (χ1n) is 7.26. The van der Waals surface area contributed by atoms with Crippen molar-refractivity contribution in [2.24, 2.45) is 0 Å². The molecule has 2 aromatic heterocycles. The highest BCUT2D eigenvalue weighted by atomic mass is 16.6. The molecule has 0 spiro atoms. The van der Waals surface area contributed by atoms with Crippen LogP contribution in [0, 0.1) is 13.8 Å². The van der Waals surface area contributed by atoms with Crippen LogP contribution < -0.4 is 10.4 Å². The quantitative estimate of drug-likeness (QED) is 0.524. The first kappa shape index (κ1) is 15.8. The Labute approximate surface area is 136 Å². The van der Waals surface area contributed by atoms with Gasteiger partial charge in [0.1, 0.15) is 29.4 Å². The van der Waals surface area contributed by atoms with E-state index in [9.17, 15) is 9.59 Å². The van der Waals surface area contributed by atoms with Gasteiger partial charge in [-0.3, -0.25) is 0 Å². The monoisotopic (exact) mass is 329 g/mol. The second-order valence-corrected chi connectivity index (χ2v) is 5.28. The number of esters is 1. The van der Waals surface area contributed by atoms with Crippen molar-refractivity contribution in [1.82, 2.24) is 5.16 Å². The third-order valence-corrected chi connectivity index (χ3v) is 3.34. The molecule has 3 aromatic rings. The summed E-state index contributed by atoms with van der Waals surface area (Å²) in [5.41, 5.74) is 1.32. The molecular weight excluding hydrogens is 314 g/mol. The molecule has 1 aromatic carbocycles. The van der Waals surface area contributed by atoms with E-state index in [-0.39, 0.29) is 13.2 Å². The van der Waals surface area contributed by atoms with Gasteiger partial charge >= 0.3 is 11.6 Å². The summed E-state index contributed by atoms with van der Waals surface area (Å²) in [5.74, 6) is 0.511. The zero-order valence-corrected chi connectivity index (χ0v) is 13.2. The number of benzene rings is 1. The molecule has 0 bridgehead atoms. The molecule has 0 N–H and O–H groups in total. The molecular formula is C17H15NO6. The van der Waals surface area contributed by atoms with E-state index in [1.165, 1.54) is 6.07 Å². The molecule has 3 rings (SSSR count). The Kier molecular flexibility index (Phi) is 4.33. The van der Waals surface area contributed by atoms with Crippen molar-refractivity contribution in [3.05, 3.63) is 57.8 Å². The van der Waals surface area contributed by atoms with Crippen LogP contribution in [0.4, 0.5) is 0 Å². The average Bonchev–Trinajstić information content (AvgIpc) is 2.96. The van der Waals surface area contributed by atoms with E-state index in [0.717, 1.165) is 10.9 Å². The Balaban J connectivity index is 1.60. The molecule has 0 aliphatic carbocycles. The highest BCUT2D eigenvalue weighted by molar-refractivity contribution is 5.81. The van der Waals surface area contributed by atoms with Gasteiger partial charge in [-0.2, -0.15) is 0 Å². The van der Waals surface area contributed by atoms with Gasteiger partial charge in [-0.15, -0.1) is 0 Å². The van der Waals surface area contributed by atoms with Gasteiger partial charge in [0.15, 0.2) is 6.61 Å². The molecule has 0 atom stereocenters. The molecule has 124 valence electrons. The molecule has 7 heteroatoms. The number of aromatic nitrogens is 1. The molecule has 0 saturated heterocycles. The van der Waals surface area contributed by atoms with E-state index < -0.39 is 11.6 Å². The normalized spacial score (nSPS) is 10.8. The summed E-state index contributed by atoms with van der Waals surface area (Å²) in [5, 5.41) is 4.53. The Morgan fingerprint density at radius 1 is 1.21 bits per heavy atom. The van der Waals surface area contributed by atoms with Gasteiger partial charge in [-0.1, -0.05) is 5.16 Å². The van der Waals surface area contributed by atoms with E-state index in [4.69, 9.17) is 18.4 Å². The largest absolute Gasteiger partial charge is 0.482 e. The molecule has 0 aliphatic heterocycles. The van der Waals surface area contributed by atoms with Gasteiger partial charge in [-0.25, -0.2) is 9.59 Å². The van der Waals surface area contributed by atoms with Gasteiger partial charge in [0.05, 0.1) is 0 Å². The summed E-state index contributed by atoms with van der Waals surface area (Å²) in [6, 6.07) is 8.14. The highest BCUT2D eigenvalue weighted by Crippen LogP contribution is 2.22. The Bertz CT molecular complexity index is 940. The van der Waals surface area contributed by atoms with Crippen molar-refractivity contribution in [3.8, 4) is 5.75 Å². The maximum atomic E-state index is 11.7. The maximum Gasteiger partial charge on any atom is 0.344 e. The number of aryl methyl sites for hydroxylation is 2. The number of hydrogen-bond acceptors (Lipinski definition) is 7. The summed E-state index contributed by atoms with van der Waals surface area (Å²) in [4.78, 5) is 23.1. The van der Waals surface area contributed by atoms with Crippen LogP contribution in [0.5, 0.6) is 5.75 Å². The van der Waals surface area contributed by atoms with E-state index in [0.29, 0.717) is 22.8 Å². The summed E-state index contributed by atoms with van der Waals surface area (Å²) in [6.07, 6.45) is 0. The van der Waals surface area contributed by atoms with E-state index in [1.54, 1.807) is 31.2 Å². The predicted molar refractivity (Wildman–Crippen MR) is 83.8 cm³/mol. The summed E-state index contributed by atoms with van der Waals surface area (Å²) in [6.45, 7) is 3.33. The number of carbonyl (C=O) groups excluding carboxylic acids is 1. The van der Waals surface area contributed by atoms with Crippen molar-refractivity contribution < 1.29 is 23.2 Å². The minimum Gasteiger partial charge on any atom is -0.482 e. The summed E-state index contributed by atoms with van der Waals surface area (Å²) < 4.78 is 20.4. The lowest BCUT2D eigenvalue weighted by Gasteiger charge is -2.07. The zero-order chi connectivity index (χ0) is 17.1. The van der Waals surface area contributed by atoms with Crippen LogP contribution in [0.25, 0.3) is 11.0 Å². The summed E-state index contributed by atoms with van der Waals surface area (Å²) >= 11 is 0. The van der Waals surface area contributed by atoms with Crippen molar-refractivity contribution in [2.75, 3.05) is 6.61 Å². The van der Waals surface area contributed by atoms with Crippen LogP contribution in [-0.2, 0) is 16.1 Å². The maximum absolute atomic E-state index is 11.7. The number of fused-ring (bicyclic) bond motifs is 1. The van der Waals surface area contributed by atoms with Crippen molar-refractivity contribution in [3.63, 3.8) is 0 Å². The first-order valence-corrected chi connectivity index (χ1v) is 7.26. The van der Waals surface area contributed by atoms with E-state index in [2.05, 4.69) is 5.16 Å².